The number of aliphatic imine (C=N–C) groups is 1. The lowest BCUT2D eigenvalue weighted by Gasteiger charge is -2.33. The molecule has 2 fully saturated rings. The predicted octanol–water partition coefficient (Wildman–Crippen LogP) is 9.93. The van der Waals surface area contributed by atoms with Crippen LogP contribution in [0.5, 0.6) is 0 Å². The number of benzene rings is 2. The summed E-state index contributed by atoms with van der Waals surface area (Å²) in [4.78, 5) is 9.98. The number of hydrogen-bond donors (Lipinski definition) is 0. The third-order valence-corrected chi connectivity index (χ3v) is 14.5. The Balaban J connectivity index is 1.19. The van der Waals surface area contributed by atoms with Crippen molar-refractivity contribution in [3.63, 3.8) is 0 Å². The van der Waals surface area contributed by atoms with Crippen LogP contribution in [0.2, 0.25) is 19.6 Å². The highest BCUT2D eigenvalue weighted by Gasteiger charge is 2.44. The average molecular weight is 663 g/mol. The van der Waals surface area contributed by atoms with E-state index in [0.29, 0.717) is 11.6 Å². The van der Waals surface area contributed by atoms with Gasteiger partial charge in [-0.2, -0.15) is 4.57 Å². The summed E-state index contributed by atoms with van der Waals surface area (Å²) in [6, 6.07) is 20.8. The van der Waals surface area contributed by atoms with E-state index in [-0.39, 0.29) is 6.04 Å². The van der Waals surface area contributed by atoms with Gasteiger partial charge in [0.15, 0.2) is 12.2 Å². The van der Waals surface area contributed by atoms with Crippen LogP contribution in [0.1, 0.15) is 78.4 Å². The molecule has 248 valence electrons. The van der Waals surface area contributed by atoms with E-state index >= 15 is 0 Å². The van der Waals surface area contributed by atoms with Crippen molar-refractivity contribution in [3.05, 3.63) is 114 Å². The molecule has 5 atom stereocenters. The van der Waals surface area contributed by atoms with E-state index in [0.717, 1.165) is 76.0 Å². The molecule has 0 radical (unpaired) electrons. The normalized spacial score (nSPS) is 25.8. The molecular weight excluding hydrogens is 615 g/mol. The fourth-order valence-corrected chi connectivity index (χ4v) is 11.9. The second-order valence-electron chi connectivity index (χ2n) is 16.5. The molecule has 4 aliphatic rings. The van der Waals surface area contributed by atoms with Crippen LogP contribution in [0.25, 0.3) is 33.3 Å². The van der Waals surface area contributed by atoms with E-state index in [4.69, 9.17) is 14.4 Å². The monoisotopic (exact) mass is 662 g/mol. The van der Waals surface area contributed by atoms with Crippen molar-refractivity contribution in [1.82, 2.24) is 4.98 Å². The molecule has 5 aromatic rings. The van der Waals surface area contributed by atoms with Gasteiger partial charge in [-0.15, -0.1) is 0 Å². The molecule has 2 aliphatic heterocycles. The quantitative estimate of drug-likeness (QED) is 0.142. The Morgan fingerprint density at radius 1 is 1.00 bits per heavy atom. The molecule has 0 saturated heterocycles. The number of pyridine rings is 2. The van der Waals surface area contributed by atoms with Crippen molar-refractivity contribution in [2.24, 2.45) is 22.7 Å². The van der Waals surface area contributed by atoms with Crippen LogP contribution in [0.15, 0.2) is 95.1 Å². The minimum atomic E-state index is -1.64. The van der Waals surface area contributed by atoms with E-state index in [1.165, 1.54) is 54.5 Å². The molecule has 0 amide bonds. The van der Waals surface area contributed by atoms with Crippen molar-refractivity contribution >= 4 is 41.0 Å². The highest BCUT2D eigenvalue weighted by Crippen LogP contribution is 2.50. The van der Waals surface area contributed by atoms with Crippen molar-refractivity contribution in [1.29, 1.82) is 0 Å². The smallest absolute Gasteiger partial charge is 0.227 e. The van der Waals surface area contributed by atoms with Gasteiger partial charge in [0.05, 0.1) is 20.2 Å². The fraction of sp³-hybridized carbons (Fsp3) is 0.386. The van der Waals surface area contributed by atoms with Crippen molar-refractivity contribution in [2.75, 3.05) is 0 Å². The Morgan fingerprint density at radius 3 is 2.61 bits per heavy atom. The number of fused-ring (bicyclic) bond motifs is 13. The molecule has 5 heterocycles. The molecule has 5 unspecified atom stereocenters. The van der Waals surface area contributed by atoms with Gasteiger partial charge in [-0.25, -0.2) is 4.98 Å². The summed E-state index contributed by atoms with van der Waals surface area (Å²) in [5.41, 5.74) is 12.3. The molecule has 0 N–H and O–H groups in total. The molecule has 3 aromatic heterocycles. The summed E-state index contributed by atoms with van der Waals surface area (Å²) in [6.45, 7) is 18.5. The number of hydrogen-bond acceptors (Lipinski definition) is 3. The molecule has 2 aliphatic carbocycles. The fourth-order valence-electron chi connectivity index (χ4n) is 10.2. The van der Waals surface area contributed by atoms with Crippen LogP contribution >= 0.6 is 0 Å². The van der Waals surface area contributed by atoms with Gasteiger partial charge in [0, 0.05) is 50.5 Å². The molecule has 5 heteroatoms. The van der Waals surface area contributed by atoms with E-state index < -0.39 is 8.07 Å². The van der Waals surface area contributed by atoms with Crippen LogP contribution in [0, 0.1) is 24.7 Å². The number of aromatic nitrogens is 2. The Morgan fingerprint density at radius 2 is 1.84 bits per heavy atom. The summed E-state index contributed by atoms with van der Waals surface area (Å²) >= 11 is 0. The minimum Gasteiger partial charge on any atom is -0.437 e. The van der Waals surface area contributed by atoms with E-state index in [2.05, 4.69) is 98.2 Å². The van der Waals surface area contributed by atoms with Gasteiger partial charge in [0.25, 0.3) is 0 Å². The number of aryl methyl sites for hydroxylation is 2. The van der Waals surface area contributed by atoms with Crippen molar-refractivity contribution < 1.29 is 8.98 Å². The number of rotatable bonds is 4. The zero-order chi connectivity index (χ0) is 33.6. The molecule has 2 aromatic carbocycles. The minimum absolute atomic E-state index is 0.238. The highest BCUT2D eigenvalue weighted by atomic mass is 28.3. The number of nitrogens with zero attached hydrogens (tertiary/aromatic N) is 3. The van der Waals surface area contributed by atoms with Gasteiger partial charge in [0.1, 0.15) is 5.58 Å². The summed E-state index contributed by atoms with van der Waals surface area (Å²) < 4.78 is 9.19. The van der Waals surface area contributed by atoms with Crippen molar-refractivity contribution in [2.45, 2.75) is 89.9 Å². The number of allylic oxidation sites excluding steroid dienone is 2. The van der Waals surface area contributed by atoms with E-state index in [9.17, 15) is 0 Å². The highest BCUT2D eigenvalue weighted by molar-refractivity contribution is 6.89. The Kier molecular flexibility index (Phi) is 7.25. The van der Waals surface area contributed by atoms with Crippen LogP contribution in [0.3, 0.4) is 0 Å². The molecule has 0 spiro atoms. The zero-order valence-corrected chi connectivity index (χ0v) is 30.6. The second kappa shape index (κ2) is 11.5. The maximum absolute atomic E-state index is 6.53. The Labute approximate surface area is 291 Å². The zero-order valence-electron chi connectivity index (χ0n) is 29.6. The molecule has 49 heavy (non-hydrogen) atoms. The largest absolute Gasteiger partial charge is 0.437 e. The number of furan rings is 1. The van der Waals surface area contributed by atoms with Gasteiger partial charge in [-0.3, -0.25) is 4.99 Å². The molecule has 9 rings (SSSR count). The Hall–Kier alpha value is -4.09. The maximum atomic E-state index is 6.53. The molecule has 4 nitrogen and oxygen atoms in total. The first-order valence-electron chi connectivity index (χ1n) is 18.5. The van der Waals surface area contributed by atoms with Crippen molar-refractivity contribution in [3.8, 4) is 11.3 Å². The topological polar surface area (TPSA) is 42.3 Å². The summed E-state index contributed by atoms with van der Waals surface area (Å²) in [6.07, 6.45) is 14.3. The summed E-state index contributed by atoms with van der Waals surface area (Å²) in [7, 11) is -1.64. The van der Waals surface area contributed by atoms with Gasteiger partial charge in [0.2, 0.25) is 11.4 Å². The lowest BCUT2D eigenvalue weighted by atomic mass is 9.77. The average Bonchev–Trinajstić information content (AvgIpc) is 3.80. The lowest BCUT2D eigenvalue weighted by Crippen LogP contribution is -2.54. The second-order valence-corrected chi connectivity index (χ2v) is 21.6. The third kappa shape index (κ3) is 5.10. The molecule has 2 saturated carbocycles. The molecular formula is C44H48N3OSi+. The van der Waals surface area contributed by atoms with Gasteiger partial charge >= 0.3 is 0 Å². The van der Waals surface area contributed by atoms with E-state index in [1.54, 1.807) is 10.8 Å². The predicted molar refractivity (Wildman–Crippen MR) is 205 cm³/mol. The molecule has 2 bridgehead atoms. The van der Waals surface area contributed by atoms with E-state index in [1.807, 2.05) is 13.0 Å². The first-order valence-corrected chi connectivity index (χ1v) is 22.0. The van der Waals surface area contributed by atoms with Crippen LogP contribution < -0.4 is 9.75 Å². The summed E-state index contributed by atoms with van der Waals surface area (Å²) in [5, 5.41) is 3.75. The first kappa shape index (κ1) is 30.9. The van der Waals surface area contributed by atoms with Gasteiger partial charge in [-0.05, 0) is 104 Å². The first-order chi connectivity index (χ1) is 23.7. The summed E-state index contributed by atoms with van der Waals surface area (Å²) in [5.74, 6) is 3.09. The SMILES string of the molecule is C=C/C1=N/C(=C)CC2C(CCc3ccc4c(oc5nc(C)ccc54)c31)c1ccccc1-c1cc(CC3CC4CCC3C4)c([Si](C)(C)C)c[n+]12. The van der Waals surface area contributed by atoms with Gasteiger partial charge < -0.3 is 4.42 Å². The van der Waals surface area contributed by atoms with Gasteiger partial charge in [-0.1, -0.05) is 69.6 Å². The van der Waals surface area contributed by atoms with Crippen LogP contribution in [-0.4, -0.2) is 18.8 Å². The van der Waals surface area contributed by atoms with Crippen LogP contribution in [-0.2, 0) is 12.8 Å². The third-order valence-electron chi connectivity index (χ3n) is 12.5. The van der Waals surface area contributed by atoms with Crippen LogP contribution in [0.4, 0.5) is 0 Å². The standard InChI is InChI=1S/C44H48N3OSi/c1-7-38-42-29(16-19-36-37-17-12-26(2)46-44(37)48-43(36)42)15-18-35-33-10-8-9-11-34(33)40-24-32(23-31-22-28-13-14-30(31)21-28)41(49(4,5)6)25-47(40)39(35)20-27(3)45-38/h7-12,16-17,19,24-25,28,30-31,35,39H,1,3,13-15,18,20-23H2,2,4-6H3/q+1/b45-38-. The lowest BCUT2D eigenvalue weighted by molar-refractivity contribution is -0.717. The Bertz CT molecular complexity index is 2220. The maximum Gasteiger partial charge on any atom is 0.227 e.